The van der Waals surface area contributed by atoms with Gasteiger partial charge in [-0.15, -0.1) is 0 Å². The van der Waals surface area contributed by atoms with Crippen LogP contribution in [0.5, 0.6) is 5.75 Å². The van der Waals surface area contributed by atoms with Crippen LogP contribution in [0.2, 0.25) is 0 Å². The summed E-state index contributed by atoms with van der Waals surface area (Å²) in [5.74, 6) is -0.0618. The van der Waals surface area contributed by atoms with Crippen molar-refractivity contribution in [2.24, 2.45) is 0 Å². The molecule has 0 spiro atoms. The average molecular weight is 500 g/mol. The molecule has 0 fully saturated rings. The molecule has 34 heavy (non-hydrogen) atoms. The van der Waals surface area contributed by atoms with Gasteiger partial charge in [0.15, 0.2) is 16.3 Å². The summed E-state index contributed by atoms with van der Waals surface area (Å²) in [6.07, 6.45) is 0.909. The van der Waals surface area contributed by atoms with E-state index < -0.39 is 5.97 Å². The number of carbonyl (C=O) groups is 1. The zero-order valence-corrected chi connectivity index (χ0v) is 20.6. The van der Waals surface area contributed by atoms with Crippen LogP contribution >= 0.6 is 24.4 Å². The Bertz CT molecular complexity index is 1250. The normalized spacial score (nSPS) is 15.3. The number of H-pyrrole nitrogens is 2. The van der Waals surface area contributed by atoms with Crippen molar-refractivity contribution in [1.82, 2.24) is 19.7 Å². The lowest BCUT2D eigenvalue weighted by Crippen LogP contribution is -2.42. The van der Waals surface area contributed by atoms with Crippen LogP contribution in [0.15, 0.2) is 42.5 Å². The van der Waals surface area contributed by atoms with Crippen molar-refractivity contribution in [3.05, 3.63) is 64.1 Å². The number of benzene rings is 2. The van der Waals surface area contributed by atoms with Crippen molar-refractivity contribution in [2.75, 3.05) is 37.6 Å². The number of carboxylic acids is 1. The summed E-state index contributed by atoms with van der Waals surface area (Å²) in [7, 11) is 4.04. The molecule has 0 aliphatic carbocycles. The van der Waals surface area contributed by atoms with Crippen LogP contribution in [0, 0.1) is 16.1 Å². The summed E-state index contributed by atoms with van der Waals surface area (Å²) in [4.78, 5) is 15.2. The number of aromatic nitrogens is 3. The van der Waals surface area contributed by atoms with Crippen molar-refractivity contribution < 1.29 is 14.6 Å². The summed E-state index contributed by atoms with van der Waals surface area (Å²) in [6, 6.07) is 13.9. The van der Waals surface area contributed by atoms with Crippen molar-refractivity contribution in [3.63, 3.8) is 0 Å². The van der Waals surface area contributed by atoms with E-state index in [-0.39, 0.29) is 19.2 Å². The maximum absolute atomic E-state index is 11.1. The number of likely N-dealkylation sites (N-methyl/N-ethyl adjacent to an activating group) is 1. The third-order valence-corrected chi connectivity index (χ3v) is 6.24. The fourth-order valence-electron chi connectivity index (χ4n) is 3.89. The lowest BCUT2D eigenvalue weighted by atomic mass is 9.96. The van der Waals surface area contributed by atoms with E-state index in [9.17, 15) is 4.79 Å². The molecule has 2 heterocycles. The second kappa shape index (κ2) is 10.4. The van der Waals surface area contributed by atoms with Gasteiger partial charge in [-0.05, 0) is 86.9 Å². The minimum absolute atomic E-state index is 0.0797. The number of aromatic amines is 2. The molecule has 4 rings (SSSR count). The molecule has 0 saturated carbocycles. The maximum Gasteiger partial charge on any atom is 0.305 e. The summed E-state index contributed by atoms with van der Waals surface area (Å²) < 4.78 is 8.72. The first-order valence-electron chi connectivity index (χ1n) is 10.8. The van der Waals surface area contributed by atoms with Gasteiger partial charge in [0.05, 0.1) is 18.7 Å². The highest BCUT2D eigenvalue weighted by molar-refractivity contribution is 7.72. The number of anilines is 2. The highest BCUT2D eigenvalue weighted by Crippen LogP contribution is 2.33. The summed E-state index contributed by atoms with van der Waals surface area (Å²) in [5, 5.41) is 18.0. The molecule has 1 atom stereocenters. The molecular weight excluding hydrogens is 472 g/mol. The molecule has 1 aliphatic rings. The van der Waals surface area contributed by atoms with E-state index in [4.69, 9.17) is 34.3 Å². The van der Waals surface area contributed by atoms with Gasteiger partial charge in [0, 0.05) is 24.0 Å². The first-order valence-corrected chi connectivity index (χ1v) is 11.6. The van der Waals surface area contributed by atoms with Gasteiger partial charge in [-0.3, -0.25) is 19.6 Å². The van der Waals surface area contributed by atoms with Crippen LogP contribution in [0.3, 0.4) is 0 Å². The first-order chi connectivity index (χ1) is 16.3. The minimum atomic E-state index is -0.807. The molecule has 0 saturated heterocycles. The van der Waals surface area contributed by atoms with Crippen LogP contribution < -0.4 is 15.0 Å². The van der Waals surface area contributed by atoms with Crippen LogP contribution in [0.1, 0.15) is 12.0 Å². The fraction of sp³-hybridized carbons (Fsp3) is 0.304. The molecule has 2 aromatic carbocycles. The fourth-order valence-corrected chi connectivity index (χ4v) is 4.44. The molecule has 4 N–H and O–H groups in total. The van der Waals surface area contributed by atoms with E-state index >= 15 is 0 Å². The van der Waals surface area contributed by atoms with Crippen LogP contribution in [0.25, 0.3) is 5.69 Å². The number of fused-ring (bicyclic) bond motifs is 1. The molecule has 179 valence electrons. The monoisotopic (exact) mass is 499 g/mol. The summed E-state index contributed by atoms with van der Waals surface area (Å²) in [5.41, 5.74) is 3.86. The van der Waals surface area contributed by atoms with Gasteiger partial charge in [0.1, 0.15) is 5.75 Å². The van der Waals surface area contributed by atoms with E-state index in [0.717, 1.165) is 34.8 Å². The third kappa shape index (κ3) is 5.49. The number of hydrogen-bond acceptors (Lipinski definition) is 7. The molecule has 0 bridgehead atoms. The van der Waals surface area contributed by atoms with Gasteiger partial charge >= 0.3 is 5.97 Å². The minimum Gasteiger partial charge on any atom is -0.481 e. The number of rotatable bonds is 9. The van der Waals surface area contributed by atoms with E-state index in [2.05, 4.69) is 27.0 Å². The van der Waals surface area contributed by atoms with Gasteiger partial charge < -0.3 is 25.0 Å². The second-order valence-corrected chi connectivity index (χ2v) is 9.00. The molecule has 3 aromatic rings. The molecule has 9 nitrogen and oxygen atoms in total. The highest BCUT2D eigenvalue weighted by atomic mass is 32.1. The molecule has 1 aliphatic heterocycles. The van der Waals surface area contributed by atoms with Gasteiger partial charge in [0.2, 0.25) is 0 Å². The Balaban J connectivity index is 1.44. The van der Waals surface area contributed by atoms with Gasteiger partial charge in [-0.2, -0.15) is 0 Å². The zero-order chi connectivity index (χ0) is 24.2. The second-order valence-electron chi connectivity index (χ2n) is 8.22. The summed E-state index contributed by atoms with van der Waals surface area (Å²) in [6.45, 7) is 2.81. The third-order valence-electron chi connectivity index (χ3n) is 5.67. The topological polar surface area (TPSA) is 102 Å². The van der Waals surface area contributed by atoms with E-state index in [1.54, 1.807) is 4.57 Å². The van der Waals surface area contributed by atoms with Crippen molar-refractivity contribution >= 4 is 41.8 Å². The molecular formula is C23H27N6O3S2. The number of aliphatic carboxylic acids is 1. The lowest BCUT2D eigenvalue weighted by Gasteiger charge is -2.38. The van der Waals surface area contributed by atoms with Gasteiger partial charge in [-0.1, -0.05) is 6.07 Å². The standard InChI is InChI=1S/C23H27N6O3S2/c1-27(2)18-10-15-11-19(6-7-20(15)28(13-18)9-8-21(30)31)32-14-24-16-4-3-5-17(12-16)29-22(33)25-26-23(29)34/h3-7,11-13,18,24H,8-10,14H2,1-2H3,(H,25,33)(H,26,34)(H,30,31). The van der Waals surface area contributed by atoms with E-state index in [0.29, 0.717) is 16.1 Å². The van der Waals surface area contributed by atoms with Crippen molar-refractivity contribution in [3.8, 4) is 11.4 Å². The quantitative estimate of drug-likeness (QED) is 0.259. The molecule has 11 heteroatoms. The van der Waals surface area contributed by atoms with Crippen molar-refractivity contribution in [2.45, 2.75) is 18.9 Å². The highest BCUT2D eigenvalue weighted by Gasteiger charge is 2.27. The Hall–Kier alpha value is -3.15. The lowest BCUT2D eigenvalue weighted by molar-refractivity contribution is -0.136. The zero-order valence-electron chi connectivity index (χ0n) is 18.9. The Morgan fingerprint density at radius 1 is 1.21 bits per heavy atom. The number of nitrogens with one attached hydrogen (secondary N) is 3. The first kappa shape index (κ1) is 24.0. The Morgan fingerprint density at radius 3 is 2.68 bits per heavy atom. The molecule has 1 unspecified atom stereocenters. The predicted octanol–water partition coefficient (Wildman–Crippen LogP) is 3.97. The molecule has 0 amide bonds. The Morgan fingerprint density at radius 2 is 1.97 bits per heavy atom. The van der Waals surface area contributed by atoms with Gasteiger partial charge in [0.25, 0.3) is 0 Å². The Labute approximate surface area is 208 Å². The SMILES string of the molecule is CN(C)C1[CH]N(CCC(=O)O)c2ccc(OCNc3cccc(-n4c(=S)[nH][nH]c4=S)c3)cc2C1. The predicted molar refractivity (Wildman–Crippen MR) is 137 cm³/mol. The smallest absolute Gasteiger partial charge is 0.305 e. The summed E-state index contributed by atoms with van der Waals surface area (Å²) >= 11 is 10.6. The van der Waals surface area contributed by atoms with Crippen molar-refractivity contribution in [1.29, 1.82) is 0 Å². The Kier molecular flexibility index (Phi) is 7.35. The van der Waals surface area contributed by atoms with Crippen LogP contribution in [-0.2, 0) is 11.2 Å². The molecule has 1 radical (unpaired) electrons. The number of carboxylic acid groups (broad SMARTS) is 1. The van der Waals surface area contributed by atoms with Crippen LogP contribution in [0.4, 0.5) is 11.4 Å². The number of nitrogens with zero attached hydrogens (tertiary/aromatic N) is 3. The maximum atomic E-state index is 11.1. The van der Waals surface area contributed by atoms with Crippen LogP contribution in [-0.4, -0.2) is 64.2 Å². The van der Waals surface area contributed by atoms with E-state index in [1.807, 2.05) is 61.5 Å². The number of ether oxygens (including phenoxy) is 1. The average Bonchev–Trinajstić information content (AvgIpc) is 3.15. The largest absolute Gasteiger partial charge is 0.481 e. The molecule has 1 aromatic heterocycles. The number of hydrogen-bond donors (Lipinski definition) is 4. The van der Waals surface area contributed by atoms with E-state index in [1.165, 1.54) is 0 Å². The van der Waals surface area contributed by atoms with Gasteiger partial charge in [-0.25, -0.2) is 0 Å².